The van der Waals surface area contributed by atoms with Gasteiger partial charge in [-0.2, -0.15) is 0 Å². The minimum absolute atomic E-state index is 0.597. The molecule has 2 aliphatic rings. The van der Waals surface area contributed by atoms with Crippen molar-refractivity contribution in [2.75, 3.05) is 13.1 Å². The molecule has 1 fully saturated rings. The molecule has 1 heterocycles. The smallest absolute Gasteiger partial charge is 0.0236 e. The summed E-state index contributed by atoms with van der Waals surface area (Å²) in [6, 6.07) is 9.44. The van der Waals surface area contributed by atoms with Crippen molar-refractivity contribution in [1.29, 1.82) is 0 Å². The molecule has 1 unspecified atom stereocenters. The highest BCUT2D eigenvalue weighted by Gasteiger charge is 2.31. The van der Waals surface area contributed by atoms with Gasteiger partial charge in [0.15, 0.2) is 0 Å². The summed E-state index contributed by atoms with van der Waals surface area (Å²) < 4.78 is 0. The van der Waals surface area contributed by atoms with Gasteiger partial charge in [-0.15, -0.1) is 0 Å². The van der Waals surface area contributed by atoms with Gasteiger partial charge in [0.2, 0.25) is 0 Å². The molecule has 0 amide bonds. The SMILES string of the molecule is CCC1(CNCC2Cc3ccccc3CN2)CCCC1. The van der Waals surface area contributed by atoms with Crippen LogP contribution in [0.15, 0.2) is 24.3 Å². The Balaban J connectivity index is 1.48. The van der Waals surface area contributed by atoms with E-state index in [1.807, 2.05) is 0 Å². The first kappa shape index (κ1) is 14.1. The van der Waals surface area contributed by atoms with Crippen LogP contribution in [-0.4, -0.2) is 19.1 Å². The third kappa shape index (κ3) is 3.07. The maximum absolute atomic E-state index is 3.76. The van der Waals surface area contributed by atoms with Gasteiger partial charge in [0, 0.05) is 25.7 Å². The molecule has 3 rings (SSSR count). The standard InChI is InChI=1S/C18H28N2/c1-2-18(9-5-6-10-18)14-19-13-17-11-15-7-3-4-8-16(15)12-20-17/h3-4,7-8,17,19-20H,2,5-6,9-14H2,1H3. The molecule has 1 aliphatic heterocycles. The van der Waals surface area contributed by atoms with E-state index in [-0.39, 0.29) is 0 Å². The third-order valence-corrected chi connectivity index (χ3v) is 5.47. The Kier molecular flexibility index (Phi) is 4.42. The number of benzene rings is 1. The molecule has 1 aromatic rings. The van der Waals surface area contributed by atoms with E-state index in [1.54, 1.807) is 0 Å². The highest BCUT2D eigenvalue weighted by atomic mass is 15.0. The molecular weight excluding hydrogens is 244 g/mol. The van der Waals surface area contributed by atoms with Crippen LogP contribution in [0.5, 0.6) is 0 Å². The number of fused-ring (bicyclic) bond motifs is 1. The molecule has 20 heavy (non-hydrogen) atoms. The Hall–Kier alpha value is -0.860. The van der Waals surface area contributed by atoms with Crippen molar-refractivity contribution in [2.24, 2.45) is 5.41 Å². The zero-order valence-electron chi connectivity index (χ0n) is 12.8. The van der Waals surface area contributed by atoms with Crippen LogP contribution in [0.25, 0.3) is 0 Å². The van der Waals surface area contributed by atoms with E-state index in [4.69, 9.17) is 0 Å². The van der Waals surface area contributed by atoms with Crippen LogP contribution < -0.4 is 10.6 Å². The monoisotopic (exact) mass is 272 g/mol. The Bertz CT molecular complexity index is 435. The van der Waals surface area contributed by atoms with E-state index < -0.39 is 0 Å². The fraction of sp³-hybridized carbons (Fsp3) is 0.667. The van der Waals surface area contributed by atoms with Crippen molar-refractivity contribution < 1.29 is 0 Å². The maximum Gasteiger partial charge on any atom is 0.0236 e. The molecule has 1 aliphatic carbocycles. The fourth-order valence-corrected chi connectivity index (χ4v) is 3.96. The Morgan fingerprint density at radius 1 is 1.20 bits per heavy atom. The van der Waals surface area contributed by atoms with E-state index >= 15 is 0 Å². The summed E-state index contributed by atoms with van der Waals surface area (Å²) in [5.74, 6) is 0. The van der Waals surface area contributed by atoms with Crippen LogP contribution in [0.4, 0.5) is 0 Å². The first-order chi connectivity index (χ1) is 9.81. The zero-order valence-corrected chi connectivity index (χ0v) is 12.8. The van der Waals surface area contributed by atoms with Gasteiger partial charge in [0.05, 0.1) is 0 Å². The summed E-state index contributed by atoms with van der Waals surface area (Å²) in [5, 5.41) is 7.43. The first-order valence-electron chi connectivity index (χ1n) is 8.32. The molecule has 0 saturated heterocycles. The van der Waals surface area contributed by atoms with Crippen molar-refractivity contribution in [2.45, 2.75) is 58.0 Å². The Morgan fingerprint density at radius 3 is 2.70 bits per heavy atom. The van der Waals surface area contributed by atoms with Crippen molar-refractivity contribution in [1.82, 2.24) is 10.6 Å². The van der Waals surface area contributed by atoms with Crippen LogP contribution in [0.2, 0.25) is 0 Å². The van der Waals surface area contributed by atoms with Gasteiger partial charge < -0.3 is 10.6 Å². The average molecular weight is 272 g/mol. The lowest BCUT2D eigenvalue weighted by Gasteiger charge is -2.31. The number of nitrogens with one attached hydrogen (secondary N) is 2. The van der Waals surface area contributed by atoms with Gasteiger partial charge in [-0.25, -0.2) is 0 Å². The lowest BCUT2D eigenvalue weighted by Crippen LogP contribution is -2.45. The van der Waals surface area contributed by atoms with E-state index in [0.29, 0.717) is 11.5 Å². The van der Waals surface area contributed by atoms with Gasteiger partial charge in [-0.05, 0) is 42.2 Å². The van der Waals surface area contributed by atoms with Crippen LogP contribution in [-0.2, 0) is 13.0 Å². The second-order valence-electron chi connectivity index (χ2n) is 6.74. The third-order valence-electron chi connectivity index (χ3n) is 5.47. The molecule has 110 valence electrons. The normalized spacial score (nSPS) is 24.6. The predicted molar refractivity (Wildman–Crippen MR) is 84.8 cm³/mol. The minimum Gasteiger partial charge on any atom is -0.315 e. The fourth-order valence-electron chi connectivity index (χ4n) is 3.96. The first-order valence-corrected chi connectivity index (χ1v) is 8.32. The molecule has 2 nitrogen and oxygen atoms in total. The highest BCUT2D eigenvalue weighted by Crippen LogP contribution is 2.40. The zero-order chi connectivity index (χ0) is 13.8. The number of hydrogen-bond acceptors (Lipinski definition) is 2. The minimum atomic E-state index is 0.597. The second-order valence-corrected chi connectivity index (χ2v) is 6.74. The molecular formula is C18H28N2. The van der Waals surface area contributed by atoms with Crippen molar-refractivity contribution in [3.63, 3.8) is 0 Å². The molecule has 2 heteroatoms. The average Bonchev–Trinajstić information content (AvgIpc) is 2.96. The van der Waals surface area contributed by atoms with Gasteiger partial charge in [-0.3, -0.25) is 0 Å². The van der Waals surface area contributed by atoms with E-state index in [0.717, 1.165) is 13.1 Å². The van der Waals surface area contributed by atoms with Crippen molar-refractivity contribution in [3.8, 4) is 0 Å². The lowest BCUT2D eigenvalue weighted by molar-refractivity contribution is 0.262. The molecule has 1 aromatic carbocycles. The number of hydrogen-bond donors (Lipinski definition) is 2. The highest BCUT2D eigenvalue weighted by molar-refractivity contribution is 5.29. The summed E-state index contributed by atoms with van der Waals surface area (Å²) in [4.78, 5) is 0. The molecule has 0 aromatic heterocycles. The van der Waals surface area contributed by atoms with Crippen LogP contribution in [0.3, 0.4) is 0 Å². The van der Waals surface area contributed by atoms with Crippen molar-refractivity contribution >= 4 is 0 Å². The van der Waals surface area contributed by atoms with E-state index in [9.17, 15) is 0 Å². The Morgan fingerprint density at radius 2 is 1.95 bits per heavy atom. The second kappa shape index (κ2) is 6.28. The van der Waals surface area contributed by atoms with Crippen molar-refractivity contribution in [3.05, 3.63) is 35.4 Å². The summed E-state index contributed by atoms with van der Waals surface area (Å²) in [6.07, 6.45) is 8.23. The number of rotatable bonds is 5. The maximum atomic E-state index is 3.76. The summed E-state index contributed by atoms with van der Waals surface area (Å²) in [6.45, 7) is 5.71. The van der Waals surface area contributed by atoms with Gasteiger partial charge in [-0.1, -0.05) is 44.0 Å². The molecule has 0 radical (unpaired) electrons. The van der Waals surface area contributed by atoms with Crippen LogP contribution in [0.1, 0.15) is 50.2 Å². The molecule has 0 spiro atoms. The Labute approximate surface area is 123 Å². The summed E-state index contributed by atoms with van der Waals surface area (Å²) in [7, 11) is 0. The molecule has 0 bridgehead atoms. The molecule has 1 atom stereocenters. The molecule has 1 saturated carbocycles. The van der Waals surface area contributed by atoms with Gasteiger partial charge in [0.1, 0.15) is 0 Å². The van der Waals surface area contributed by atoms with E-state index in [1.165, 1.54) is 56.2 Å². The predicted octanol–water partition coefficient (Wildman–Crippen LogP) is 3.26. The van der Waals surface area contributed by atoms with Crippen LogP contribution in [0, 0.1) is 5.41 Å². The largest absolute Gasteiger partial charge is 0.315 e. The topological polar surface area (TPSA) is 24.1 Å². The van der Waals surface area contributed by atoms with E-state index in [2.05, 4.69) is 41.8 Å². The van der Waals surface area contributed by atoms with Gasteiger partial charge in [0.25, 0.3) is 0 Å². The summed E-state index contributed by atoms with van der Waals surface area (Å²) in [5.41, 5.74) is 3.61. The lowest BCUT2D eigenvalue weighted by atomic mass is 9.83. The van der Waals surface area contributed by atoms with Gasteiger partial charge >= 0.3 is 0 Å². The van der Waals surface area contributed by atoms with Crippen LogP contribution >= 0.6 is 0 Å². The molecule has 2 N–H and O–H groups in total. The quantitative estimate of drug-likeness (QED) is 0.859. The summed E-state index contributed by atoms with van der Waals surface area (Å²) >= 11 is 0.